The Labute approximate surface area is 123 Å². The lowest BCUT2D eigenvalue weighted by Crippen LogP contribution is -2.34. The van der Waals surface area contributed by atoms with Crippen molar-refractivity contribution in [3.05, 3.63) is 35.9 Å². The Balaban J connectivity index is 2.80. The van der Waals surface area contributed by atoms with Crippen molar-refractivity contribution in [1.29, 1.82) is 0 Å². The predicted molar refractivity (Wildman–Crippen MR) is 83.7 cm³/mol. The molecule has 0 radical (unpaired) electrons. The monoisotopic (exact) mass is 276 g/mol. The lowest BCUT2D eigenvalue weighted by Gasteiger charge is -2.31. The number of ether oxygens (including phenoxy) is 1. The van der Waals surface area contributed by atoms with Crippen molar-refractivity contribution in [2.45, 2.75) is 65.9 Å². The van der Waals surface area contributed by atoms with E-state index in [2.05, 4.69) is 31.2 Å². The molecule has 1 aromatic carbocycles. The van der Waals surface area contributed by atoms with Crippen LogP contribution in [0.5, 0.6) is 0 Å². The largest absolute Gasteiger partial charge is 0.460 e. The Morgan fingerprint density at radius 2 is 1.65 bits per heavy atom. The molecule has 2 heteroatoms. The number of benzene rings is 1. The minimum atomic E-state index is -0.468. The molecule has 0 bridgehead atoms. The highest BCUT2D eigenvalue weighted by Crippen LogP contribution is 2.35. The summed E-state index contributed by atoms with van der Waals surface area (Å²) in [5, 5.41) is 0. The molecule has 0 aliphatic rings. The Morgan fingerprint density at radius 3 is 2.10 bits per heavy atom. The molecule has 1 aromatic rings. The molecular formula is C18H28O2. The van der Waals surface area contributed by atoms with Crippen LogP contribution in [0.1, 0.15) is 65.9 Å². The minimum absolute atomic E-state index is 0.112. The molecule has 0 saturated carbocycles. The van der Waals surface area contributed by atoms with E-state index in [0.717, 1.165) is 12.8 Å². The number of rotatable bonds is 5. The average molecular weight is 276 g/mol. The van der Waals surface area contributed by atoms with Crippen LogP contribution in [-0.4, -0.2) is 11.6 Å². The maximum absolute atomic E-state index is 12.3. The summed E-state index contributed by atoms with van der Waals surface area (Å²) < 4.78 is 5.54. The van der Waals surface area contributed by atoms with E-state index in [1.54, 1.807) is 0 Å². The second-order valence-electron chi connectivity index (χ2n) is 7.11. The number of hydrogen-bond acceptors (Lipinski definition) is 2. The molecule has 1 unspecified atom stereocenters. The van der Waals surface area contributed by atoms with Crippen LogP contribution in [0.2, 0.25) is 0 Å². The van der Waals surface area contributed by atoms with Gasteiger partial charge in [0.15, 0.2) is 0 Å². The summed E-state index contributed by atoms with van der Waals surface area (Å²) >= 11 is 0. The summed E-state index contributed by atoms with van der Waals surface area (Å²) in [6.45, 7) is 11.9. The summed E-state index contributed by atoms with van der Waals surface area (Å²) in [6.07, 6.45) is 1.83. The molecule has 0 heterocycles. The zero-order valence-electron chi connectivity index (χ0n) is 13.7. The molecule has 0 fully saturated rings. The zero-order valence-corrected chi connectivity index (χ0v) is 13.7. The van der Waals surface area contributed by atoms with Crippen molar-refractivity contribution in [1.82, 2.24) is 0 Å². The molecule has 0 aromatic heterocycles. The maximum atomic E-state index is 12.3. The van der Waals surface area contributed by atoms with Gasteiger partial charge in [-0.3, -0.25) is 4.79 Å². The van der Waals surface area contributed by atoms with Gasteiger partial charge in [-0.25, -0.2) is 0 Å². The molecule has 0 saturated heterocycles. The first-order valence-corrected chi connectivity index (χ1v) is 7.44. The second-order valence-corrected chi connectivity index (χ2v) is 7.11. The fourth-order valence-electron chi connectivity index (χ4n) is 2.34. The first-order valence-electron chi connectivity index (χ1n) is 7.44. The van der Waals surface area contributed by atoms with E-state index >= 15 is 0 Å². The van der Waals surface area contributed by atoms with Gasteiger partial charge in [-0.15, -0.1) is 0 Å². The van der Waals surface area contributed by atoms with Crippen LogP contribution in [0.4, 0.5) is 0 Å². The van der Waals surface area contributed by atoms with Crippen molar-refractivity contribution in [3.63, 3.8) is 0 Å². The molecule has 0 amide bonds. The van der Waals surface area contributed by atoms with Gasteiger partial charge >= 0.3 is 5.97 Å². The third-order valence-corrected chi connectivity index (χ3v) is 3.47. The van der Waals surface area contributed by atoms with Crippen LogP contribution >= 0.6 is 0 Å². The van der Waals surface area contributed by atoms with Crippen molar-refractivity contribution in [2.24, 2.45) is 5.41 Å². The molecular weight excluding hydrogens is 248 g/mol. The van der Waals surface area contributed by atoms with Gasteiger partial charge in [0.05, 0.1) is 5.41 Å². The topological polar surface area (TPSA) is 26.3 Å². The van der Waals surface area contributed by atoms with E-state index in [9.17, 15) is 4.79 Å². The summed E-state index contributed by atoms with van der Waals surface area (Å²) in [5.74, 6) is 0.276. The lowest BCUT2D eigenvalue weighted by molar-refractivity contribution is -0.166. The average Bonchev–Trinajstić information content (AvgIpc) is 2.35. The molecule has 112 valence electrons. The third-order valence-electron chi connectivity index (χ3n) is 3.47. The van der Waals surface area contributed by atoms with Crippen LogP contribution in [0.15, 0.2) is 30.3 Å². The third kappa shape index (κ3) is 4.99. The van der Waals surface area contributed by atoms with E-state index in [1.165, 1.54) is 5.56 Å². The fourth-order valence-corrected chi connectivity index (χ4v) is 2.34. The first-order chi connectivity index (χ1) is 9.15. The number of carbonyl (C=O) groups is 1. The SMILES string of the molecule is CCC(CC(C)(C)C(=O)OC(C)(C)C)c1ccccc1. The molecule has 2 nitrogen and oxygen atoms in total. The minimum Gasteiger partial charge on any atom is -0.460 e. The zero-order chi connectivity index (χ0) is 15.4. The van der Waals surface area contributed by atoms with E-state index in [4.69, 9.17) is 4.74 Å². The fraction of sp³-hybridized carbons (Fsp3) is 0.611. The highest BCUT2D eigenvalue weighted by atomic mass is 16.6. The van der Waals surface area contributed by atoms with Crippen molar-refractivity contribution < 1.29 is 9.53 Å². The van der Waals surface area contributed by atoms with Crippen LogP contribution in [0.3, 0.4) is 0 Å². The van der Waals surface area contributed by atoms with Gasteiger partial charge in [0.2, 0.25) is 0 Å². The predicted octanol–water partition coefficient (Wildman–Crippen LogP) is 4.94. The van der Waals surface area contributed by atoms with Crippen molar-refractivity contribution >= 4 is 5.97 Å². The molecule has 1 rings (SSSR count). The van der Waals surface area contributed by atoms with Crippen LogP contribution in [0.25, 0.3) is 0 Å². The van der Waals surface area contributed by atoms with Gasteiger partial charge in [0, 0.05) is 0 Å². The second kappa shape index (κ2) is 6.43. The van der Waals surface area contributed by atoms with E-state index in [-0.39, 0.29) is 5.97 Å². The van der Waals surface area contributed by atoms with Crippen molar-refractivity contribution in [3.8, 4) is 0 Å². The van der Waals surface area contributed by atoms with Gasteiger partial charge < -0.3 is 4.74 Å². The van der Waals surface area contributed by atoms with Gasteiger partial charge in [-0.2, -0.15) is 0 Å². The quantitative estimate of drug-likeness (QED) is 0.712. The number of carbonyl (C=O) groups excluding carboxylic acids is 1. The highest BCUT2D eigenvalue weighted by molar-refractivity contribution is 5.76. The Hall–Kier alpha value is -1.31. The van der Waals surface area contributed by atoms with Gasteiger partial charge in [0.25, 0.3) is 0 Å². The molecule has 0 spiro atoms. The summed E-state index contributed by atoms with van der Waals surface area (Å²) in [7, 11) is 0. The van der Waals surface area contributed by atoms with Crippen LogP contribution < -0.4 is 0 Å². The summed E-state index contributed by atoms with van der Waals surface area (Å²) in [4.78, 5) is 12.3. The van der Waals surface area contributed by atoms with Crippen LogP contribution in [0, 0.1) is 5.41 Å². The normalized spacial score (nSPS) is 13.9. The highest BCUT2D eigenvalue weighted by Gasteiger charge is 2.34. The van der Waals surface area contributed by atoms with E-state index in [1.807, 2.05) is 40.7 Å². The van der Waals surface area contributed by atoms with Gasteiger partial charge in [-0.1, -0.05) is 37.3 Å². The van der Waals surface area contributed by atoms with E-state index < -0.39 is 11.0 Å². The van der Waals surface area contributed by atoms with Crippen LogP contribution in [-0.2, 0) is 9.53 Å². The summed E-state index contributed by atoms with van der Waals surface area (Å²) in [5.41, 5.74) is 0.402. The standard InChI is InChI=1S/C18H28O2/c1-7-14(15-11-9-8-10-12-15)13-18(5,6)16(19)20-17(2,3)4/h8-12,14H,7,13H2,1-6H3. The van der Waals surface area contributed by atoms with Crippen molar-refractivity contribution in [2.75, 3.05) is 0 Å². The molecule has 0 N–H and O–H groups in total. The smallest absolute Gasteiger partial charge is 0.312 e. The van der Waals surface area contributed by atoms with Gasteiger partial charge in [-0.05, 0) is 58.9 Å². The maximum Gasteiger partial charge on any atom is 0.312 e. The molecule has 20 heavy (non-hydrogen) atoms. The number of hydrogen-bond donors (Lipinski definition) is 0. The molecule has 0 aliphatic heterocycles. The first kappa shape index (κ1) is 16.7. The van der Waals surface area contributed by atoms with E-state index in [0.29, 0.717) is 5.92 Å². The van der Waals surface area contributed by atoms with Gasteiger partial charge in [0.1, 0.15) is 5.60 Å². The number of esters is 1. The summed E-state index contributed by atoms with van der Waals surface area (Å²) in [6, 6.07) is 10.4. The molecule has 1 atom stereocenters. The molecule has 0 aliphatic carbocycles. The Kier molecular flexibility index (Phi) is 5.38. The Morgan fingerprint density at radius 1 is 1.10 bits per heavy atom. The lowest BCUT2D eigenvalue weighted by atomic mass is 9.78. The Bertz CT molecular complexity index is 426.